The van der Waals surface area contributed by atoms with Crippen LogP contribution in [0.4, 0.5) is 0 Å². The molecule has 2 aromatic rings. The van der Waals surface area contributed by atoms with E-state index in [0.29, 0.717) is 19.5 Å². The lowest BCUT2D eigenvalue weighted by Crippen LogP contribution is -2.41. The highest BCUT2D eigenvalue weighted by Crippen LogP contribution is 2.28. The Kier molecular flexibility index (Phi) is 7.77. The van der Waals surface area contributed by atoms with Crippen LogP contribution in [0.2, 0.25) is 0 Å². The lowest BCUT2D eigenvalue weighted by Gasteiger charge is -2.34. The lowest BCUT2D eigenvalue weighted by molar-refractivity contribution is -0.133. The quantitative estimate of drug-likeness (QED) is 0.739. The van der Waals surface area contributed by atoms with Crippen LogP contribution in [-0.4, -0.2) is 46.3 Å². The summed E-state index contributed by atoms with van der Waals surface area (Å²) in [6.07, 6.45) is 3.14. The van der Waals surface area contributed by atoms with Gasteiger partial charge in [-0.3, -0.25) is 9.59 Å². The van der Waals surface area contributed by atoms with Gasteiger partial charge >= 0.3 is 0 Å². The first-order valence-corrected chi connectivity index (χ1v) is 11.3. The van der Waals surface area contributed by atoms with Crippen LogP contribution < -0.4 is 5.32 Å². The topological polar surface area (TPSA) is 75.2 Å². The number of amides is 2. The van der Waals surface area contributed by atoms with Crippen LogP contribution in [0.1, 0.15) is 73.3 Å². The second-order valence-corrected chi connectivity index (χ2v) is 8.51. The molecule has 0 saturated carbocycles. The lowest BCUT2D eigenvalue weighted by atomic mass is 9.93. The molecule has 0 unspecified atom stereocenters. The van der Waals surface area contributed by atoms with Gasteiger partial charge < -0.3 is 10.2 Å². The molecule has 1 N–H and O–H groups in total. The molecule has 2 heterocycles. The molecule has 1 aromatic heterocycles. The van der Waals surface area contributed by atoms with E-state index >= 15 is 0 Å². The summed E-state index contributed by atoms with van der Waals surface area (Å²) in [6.45, 7) is 10.0. The Bertz CT molecular complexity index is 890. The monoisotopic (exact) mass is 422 g/mol. The van der Waals surface area contributed by atoms with E-state index in [9.17, 15) is 9.59 Å². The molecule has 31 heavy (non-hydrogen) atoms. The van der Waals surface area contributed by atoms with Gasteiger partial charge in [-0.2, -0.15) is 0 Å². The molecular formula is C25H34N4O2. The van der Waals surface area contributed by atoms with Crippen LogP contribution in [0.25, 0.3) is 0 Å². The summed E-state index contributed by atoms with van der Waals surface area (Å²) in [5.74, 6) is 0.925. The predicted molar refractivity (Wildman–Crippen MR) is 122 cm³/mol. The highest BCUT2D eigenvalue weighted by Gasteiger charge is 2.30. The summed E-state index contributed by atoms with van der Waals surface area (Å²) in [6, 6.07) is 9.93. The second-order valence-electron chi connectivity index (χ2n) is 8.51. The fourth-order valence-corrected chi connectivity index (χ4v) is 4.24. The van der Waals surface area contributed by atoms with Gasteiger partial charge in [-0.15, -0.1) is 0 Å². The molecule has 6 heteroatoms. The van der Waals surface area contributed by atoms with Crippen molar-refractivity contribution >= 4 is 11.8 Å². The van der Waals surface area contributed by atoms with Crippen molar-refractivity contribution < 1.29 is 9.59 Å². The number of likely N-dealkylation sites (tertiary alicyclic amines) is 1. The third-order valence-electron chi connectivity index (χ3n) is 6.12. The molecule has 0 radical (unpaired) electrons. The smallest absolute Gasteiger partial charge is 0.229 e. The third kappa shape index (κ3) is 5.69. The third-order valence-corrected chi connectivity index (χ3v) is 6.12. The van der Waals surface area contributed by atoms with Crippen molar-refractivity contribution in [2.75, 3.05) is 19.6 Å². The van der Waals surface area contributed by atoms with Crippen molar-refractivity contribution in [3.05, 3.63) is 58.7 Å². The van der Waals surface area contributed by atoms with E-state index in [0.717, 1.165) is 54.1 Å². The number of nitrogens with zero attached hydrogens (tertiary/aromatic N) is 3. The molecule has 0 bridgehead atoms. The molecule has 0 aliphatic carbocycles. The molecule has 2 atom stereocenters. The summed E-state index contributed by atoms with van der Waals surface area (Å²) >= 11 is 0. The SMILES string of the molecule is CCCNC(=O)Cc1c(C)nc([C@H]2CCCN(C(=O)[C@H](C)c3ccccc3)C2)nc1C. The number of benzene rings is 1. The Morgan fingerprint density at radius 1 is 1.16 bits per heavy atom. The first-order valence-electron chi connectivity index (χ1n) is 11.3. The minimum absolute atomic E-state index is 0.00809. The summed E-state index contributed by atoms with van der Waals surface area (Å²) in [5, 5.41) is 2.92. The zero-order valence-corrected chi connectivity index (χ0v) is 19.1. The molecule has 166 valence electrons. The average Bonchev–Trinajstić information content (AvgIpc) is 2.79. The Labute approximate surface area is 185 Å². The van der Waals surface area contributed by atoms with Crippen molar-refractivity contribution in [3.63, 3.8) is 0 Å². The van der Waals surface area contributed by atoms with Gasteiger partial charge in [0, 0.05) is 42.5 Å². The van der Waals surface area contributed by atoms with E-state index in [1.165, 1.54) is 0 Å². The van der Waals surface area contributed by atoms with Crippen molar-refractivity contribution in [2.24, 2.45) is 0 Å². The highest BCUT2D eigenvalue weighted by atomic mass is 16.2. The molecule has 6 nitrogen and oxygen atoms in total. The molecule has 1 aliphatic heterocycles. The minimum atomic E-state index is -0.159. The van der Waals surface area contributed by atoms with Gasteiger partial charge in [-0.1, -0.05) is 37.3 Å². The molecular weight excluding hydrogens is 388 g/mol. The number of piperidine rings is 1. The fraction of sp³-hybridized carbons (Fsp3) is 0.520. The molecule has 3 rings (SSSR count). The number of aryl methyl sites for hydroxylation is 2. The van der Waals surface area contributed by atoms with E-state index in [4.69, 9.17) is 9.97 Å². The summed E-state index contributed by atoms with van der Waals surface area (Å²) in [4.78, 5) is 36.7. The zero-order valence-electron chi connectivity index (χ0n) is 19.1. The van der Waals surface area contributed by atoms with Crippen LogP contribution in [0, 0.1) is 13.8 Å². The van der Waals surface area contributed by atoms with Crippen LogP contribution in [-0.2, 0) is 16.0 Å². The first kappa shape index (κ1) is 22.9. The van der Waals surface area contributed by atoms with Gasteiger partial charge in [0.1, 0.15) is 5.82 Å². The number of carbonyl (C=O) groups is 2. The van der Waals surface area contributed by atoms with E-state index in [1.54, 1.807) is 0 Å². The first-order chi connectivity index (χ1) is 14.9. The van der Waals surface area contributed by atoms with Crippen LogP contribution in [0.3, 0.4) is 0 Å². The maximum atomic E-state index is 13.1. The maximum absolute atomic E-state index is 13.1. The average molecular weight is 423 g/mol. The fourth-order valence-electron chi connectivity index (χ4n) is 4.24. The molecule has 2 amide bonds. The Morgan fingerprint density at radius 3 is 2.48 bits per heavy atom. The summed E-state index contributed by atoms with van der Waals surface area (Å²) in [5.41, 5.74) is 3.66. The molecule has 1 aromatic carbocycles. The van der Waals surface area contributed by atoms with Crippen molar-refractivity contribution in [3.8, 4) is 0 Å². The largest absolute Gasteiger partial charge is 0.356 e. The maximum Gasteiger partial charge on any atom is 0.229 e. The molecule has 1 fully saturated rings. The number of hydrogen-bond acceptors (Lipinski definition) is 4. The molecule has 1 saturated heterocycles. The van der Waals surface area contributed by atoms with Gasteiger partial charge in [-0.05, 0) is 45.6 Å². The normalized spacial score (nSPS) is 17.3. The standard InChI is InChI=1S/C25H34N4O2/c1-5-13-26-23(30)15-22-18(3)27-24(28-19(22)4)21-12-9-14-29(16-21)25(31)17(2)20-10-7-6-8-11-20/h6-8,10-11,17,21H,5,9,12-16H2,1-4H3,(H,26,30)/t17-,21+/m1/s1. The van der Waals surface area contributed by atoms with E-state index in [-0.39, 0.29) is 23.7 Å². The Balaban J connectivity index is 1.71. The second kappa shape index (κ2) is 10.5. The summed E-state index contributed by atoms with van der Waals surface area (Å²) in [7, 11) is 0. The van der Waals surface area contributed by atoms with Gasteiger partial charge in [0.2, 0.25) is 11.8 Å². The van der Waals surface area contributed by atoms with Crippen LogP contribution in [0.15, 0.2) is 30.3 Å². The minimum Gasteiger partial charge on any atom is -0.356 e. The van der Waals surface area contributed by atoms with Gasteiger partial charge in [0.25, 0.3) is 0 Å². The van der Waals surface area contributed by atoms with E-state index < -0.39 is 0 Å². The predicted octanol–water partition coefficient (Wildman–Crippen LogP) is 3.67. The van der Waals surface area contributed by atoms with E-state index in [1.807, 2.05) is 62.9 Å². The summed E-state index contributed by atoms with van der Waals surface area (Å²) < 4.78 is 0. The van der Waals surface area contributed by atoms with Crippen molar-refractivity contribution in [2.45, 2.75) is 65.2 Å². The number of nitrogens with one attached hydrogen (secondary N) is 1. The molecule has 1 aliphatic rings. The van der Waals surface area contributed by atoms with E-state index in [2.05, 4.69) is 5.32 Å². The van der Waals surface area contributed by atoms with Crippen molar-refractivity contribution in [1.82, 2.24) is 20.2 Å². The zero-order chi connectivity index (χ0) is 22.4. The Morgan fingerprint density at radius 2 is 1.84 bits per heavy atom. The van der Waals surface area contributed by atoms with Crippen LogP contribution >= 0.6 is 0 Å². The van der Waals surface area contributed by atoms with Gasteiger partial charge in [-0.25, -0.2) is 9.97 Å². The number of carbonyl (C=O) groups excluding carboxylic acids is 2. The molecule has 0 spiro atoms. The number of rotatable bonds is 7. The number of aromatic nitrogens is 2. The van der Waals surface area contributed by atoms with Gasteiger partial charge in [0.05, 0.1) is 12.3 Å². The Hall–Kier alpha value is -2.76. The van der Waals surface area contributed by atoms with Gasteiger partial charge in [0.15, 0.2) is 0 Å². The number of hydrogen-bond donors (Lipinski definition) is 1. The van der Waals surface area contributed by atoms with Crippen LogP contribution in [0.5, 0.6) is 0 Å². The highest BCUT2D eigenvalue weighted by molar-refractivity contribution is 5.83. The van der Waals surface area contributed by atoms with Crippen molar-refractivity contribution in [1.29, 1.82) is 0 Å².